The molecule has 110 valence electrons. The molecule has 0 radical (unpaired) electrons. The molecule has 0 aromatic rings. The highest BCUT2D eigenvalue weighted by molar-refractivity contribution is 5.93. The summed E-state index contributed by atoms with van der Waals surface area (Å²) in [6.45, 7) is 4.71. The van der Waals surface area contributed by atoms with E-state index in [1.54, 1.807) is 0 Å². The minimum atomic E-state index is 0.277. The average Bonchev–Trinajstić information content (AvgIpc) is 2.82. The summed E-state index contributed by atoms with van der Waals surface area (Å²) in [5.41, 5.74) is 2.19. The van der Waals surface area contributed by atoms with Gasteiger partial charge in [0.2, 0.25) is 0 Å². The van der Waals surface area contributed by atoms with Crippen LogP contribution in [0.2, 0.25) is 0 Å². The van der Waals surface area contributed by atoms with Gasteiger partial charge in [-0.05, 0) is 80.1 Å². The van der Waals surface area contributed by atoms with Crippen LogP contribution in [0.25, 0.3) is 0 Å². The summed E-state index contributed by atoms with van der Waals surface area (Å²) >= 11 is 0. The van der Waals surface area contributed by atoms with Crippen molar-refractivity contribution in [2.24, 2.45) is 35.0 Å². The highest BCUT2D eigenvalue weighted by atomic mass is 16.1. The molecule has 0 N–H and O–H groups in total. The number of allylic oxidation sites excluding steroid dienone is 1. The second kappa shape index (κ2) is 4.45. The van der Waals surface area contributed by atoms with Crippen LogP contribution in [-0.4, -0.2) is 5.78 Å². The molecular weight excluding hydrogens is 244 g/mol. The van der Waals surface area contributed by atoms with Gasteiger partial charge in [0, 0.05) is 5.92 Å². The molecule has 0 aliphatic heterocycles. The van der Waals surface area contributed by atoms with Crippen LogP contribution < -0.4 is 0 Å². The van der Waals surface area contributed by atoms with Crippen LogP contribution in [0.15, 0.2) is 11.6 Å². The Bertz CT molecular complexity index is 462. The van der Waals surface area contributed by atoms with Gasteiger partial charge < -0.3 is 0 Å². The third kappa shape index (κ3) is 1.77. The van der Waals surface area contributed by atoms with Gasteiger partial charge in [0.25, 0.3) is 0 Å². The molecule has 0 amide bonds. The summed E-state index contributed by atoms with van der Waals surface area (Å²) in [5, 5.41) is 0. The van der Waals surface area contributed by atoms with Crippen molar-refractivity contribution in [1.29, 1.82) is 0 Å². The summed E-state index contributed by atoms with van der Waals surface area (Å²) in [4.78, 5) is 12.0. The predicted molar refractivity (Wildman–Crippen MR) is 81.3 cm³/mol. The van der Waals surface area contributed by atoms with E-state index in [4.69, 9.17) is 0 Å². The van der Waals surface area contributed by atoms with Gasteiger partial charge in [0.05, 0.1) is 0 Å². The Kier molecular flexibility index (Phi) is 2.91. The zero-order valence-corrected chi connectivity index (χ0v) is 13.0. The van der Waals surface area contributed by atoms with E-state index in [2.05, 4.69) is 13.8 Å². The van der Waals surface area contributed by atoms with Crippen molar-refractivity contribution >= 4 is 5.78 Å². The number of rotatable bonds is 0. The van der Waals surface area contributed by atoms with E-state index in [0.717, 1.165) is 30.1 Å². The molecule has 1 nitrogen and oxygen atoms in total. The molecule has 1 heteroatoms. The quantitative estimate of drug-likeness (QED) is 0.621. The molecule has 0 aromatic carbocycles. The Morgan fingerprint density at radius 3 is 2.85 bits per heavy atom. The van der Waals surface area contributed by atoms with Gasteiger partial charge in [0.15, 0.2) is 5.78 Å². The molecule has 0 spiro atoms. The Labute approximate surface area is 123 Å². The van der Waals surface area contributed by atoms with Crippen molar-refractivity contribution in [2.75, 3.05) is 0 Å². The molecule has 3 saturated carbocycles. The standard InChI is InChI=1S/C19H28O/c1-12-10-16-13(11-18(12)20)5-6-15-14(16)7-9-19(2)8-3-4-17(15)19/h11-12,14-17H,3-10H2,1-2H3/t12?,14-,15+,16-,17-,19-/m0/s1. The van der Waals surface area contributed by atoms with E-state index in [1.807, 2.05) is 6.08 Å². The predicted octanol–water partition coefficient (Wildman–Crippen LogP) is 4.76. The van der Waals surface area contributed by atoms with Crippen LogP contribution in [0.4, 0.5) is 0 Å². The lowest BCUT2D eigenvalue weighted by molar-refractivity contribution is -0.119. The maximum Gasteiger partial charge on any atom is 0.158 e. The Morgan fingerprint density at radius 2 is 2.00 bits per heavy atom. The smallest absolute Gasteiger partial charge is 0.158 e. The van der Waals surface area contributed by atoms with E-state index < -0.39 is 0 Å². The van der Waals surface area contributed by atoms with E-state index in [0.29, 0.717) is 11.2 Å². The van der Waals surface area contributed by atoms with Gasteiger partial charge in [-0.25, -0.2) is 0 Å². The first kappa shape index (κ1) is 13.1. The summed E-state index contributed by atoms with van der Waals surface area (Å²) in [7, 11) is 0. The monoisotopic (exact) mass is 272 g/mol. The van der Waals surface area contributed by atoms with Gasteiger partial charge in [-0.15, -0.1) is 0 Å². The highest BCUT2D eigenvalue weighted by Gasteiger charge is 2.52. The van der Waals surface area contributed by atoms with Gasteiger partial charge in [-0.2, -0.15) is 0 Å². The summed E-state index contributed by atoms with van der Waals surface area (Å²) < 4.78 is 0. The fraction of sp³-hybridized carbons (Fsp3) is 0.842. The first-order valence-electron chi connectivity index (χ1n) is 8.83. The lowest BCUT2D eigenvalue weighted by Gasteiger charge is -2.53. The summed E-state index contributed by atoms with van der Waals surface area (Å²) in [6.07, 6.45) is 13.1. The second-order valence-electron chi connectivity index (χ2n) is 8.42. The number of ketones is 1. The minimum absolute atomic E-state index is 0.277. The van der Waals surface area contributed by atoms with Crippen molar-refractivity contribution in [3.05, 3.63) is 11.6 Å². The molecule has 20 heavy (non-hydrogen) atoms. The van der Waals surface area contributed by atoms with Gasteiger partial charge in [-0.3, -0.25) is 4.79 Å². The lowest BCUT2D eigenvalue weighted by Crippen LogP contribution is -2.45. The normalized spacial score (nSPS) is 51.0. The summed E-state index contributed by atoms with van der Waals surface area (Å²) in [6, 6.07) is 0. The van der Waals surface area contributed by atoms with Crippen LogP contribution >= 0.6 is 0 Å². The second-order valence-corrected chi connectivity index (χ2v) is 8.42. The first-order valence-corrected chi connectivity index (χ1v) is 8.83. The molecule has 0 aromatic heterocycles. The number of hydrogen-bond donors (Lipinski definition) is 0. The van der Waals surface area contributed by atoms with Crippen LogP contribution in [0, 0.1) is 35.0 Å². The molecular formula is C19H28O. The molecule has 4 aliphatic rings. The topological polar surface area (TPSA) is 17.1 Å². The Balaban J connectivity index is 1.64. The molecule has 6 atom stereocenters. The van der Waals surface area contributed by atoms with Crippen molar-refractivity contribution in [2.45, 2.75) is 65.2 Å². The van der Waals surface area contributed by atoms with Crippen molar-refractivity contribution < 1.29 is 4.79 Å². The maximum atomic E-state index is 12.0. The van der Waals surface area contributed by atoms with E-state index >= 15 is 0 Å². The Morgan fingerprint density at radius 1 is 1.15 bits per heavy atom. The SMILES string of the molecule is CC1C[C@H]2C(=CC1=O)CC[C@@H]1[C@@H]2CC[C@]2(C)CCC[C@@H]12. The van der Waals surface area contributed by atoms with Crippen LogP contribution in [-0.2, 0) is 4.79 Å². The van der Waals surface area contributed by atoms with Crippen LogP contribution in [0.1, 0.15) is 65.2 Å². The molecule has 3 fully saturated rings. The highest BCUT2D eigenvalue weighted by Crippen LogP contribution is 2.61. The Hall–Kier alpha value is -0.590. The lowest BCUT2D eigenvalue weighted by atomic mass is 9.52. The molecule has 0 bridgehead atoms. The van der Waals surface area contributed by atoms with E-state index in [-0.39, 0.29) is 5.92 Å². The number of fused-ring (bicyclic) bond motifs is 5. The van der Waals surface area contributed by atoms with Gasteiger partial charge >= 0.3 is 0 Å². The maximum absolute atomic E-state index is 12.0. The molecule has 4 rings (SSSR count). The van der Waals surface area contributed by atoms with Gasteiger partial charge in [0.1, 0.15) is 0 Å². The molecule has 4 aliphatic carbocycles. The first-order chi connectivity index (χ1) is 9.58. The number of carbonyl (C=O) groups is 1. The van der Waals surface area contributed by atoms with Crippen molar-refractivity contribution in [1.82, 2.24) is 0 Å². The molecule has 0 heterocycles. The zero-order chi connectivity index (χ0) is 13.9. The minimum Gasteiger partial charge on any atom is -0.295 e. The fourth-order valence-corrected chi connectivity index (χ4v) is 6.35. The molecule has 0 saturated heterocycles. The number of hydrogen-bond acceptors (Lipinski definition) is 1. The summed E-state index contributed by atoms with van der Waals surface area (Å²) in [5.74, 6) is 4.30. The average molecular weight is 272 g/mol. The third-order valence-corrected chi connectivity index (χ3v) is 7.45. The van der Waals surface area contributed by atoms with E-state index in [1.165, 1.54) is 50.5 Å². The van der Waals surface area contributed by atoms with Crippen LogP contribution in [0.3, 0.4) is 0 Å². The van der Waals surface area contributed by atoms with Crippen molar-refractivity contribution in [3.63, 3.8) is 0 Å². The zero-order valence-electron chi connectivity index (χ0n) is 13.0. The largest absolute Gasteiger partial charge is 0.295 e. The number of carbonyl (C=O) groups excluding carboxylic acids is 1. The van der Waals surface area contributed by atoms with Gasteiger partial charge in [-0.1, -0.05) is 25.8 Å². The molecule has 1 unspecified atom stereocenters. The van der Waals surface area contributed by atoms with Crippen molar-refractivity contribution in [3.8, 4) is 0 Å². The van der Waals surface area contributed by atoms with E-state index in [9.17, 15) is 4.79 Å². The van der Waals surface area contributed by atoms with Crippen LogP contribution in [0.5, 0.6) is 0 Å². The third-order valence-electron chi connectivity index (χ3n) is 7.45. The fourth-order valence-electron chi connectivity index (χ4n) is 6.35.